The number of hydrogen-bond donors (Lipinski definition) is 1. The molecule has 0 bridgehead atoms. The Hall–Kier alpha value is -4.07. The average Bonchev–Trinajstić information content (AvgIpc) is 3.50. The Kier molecular flexibility index (Phi) is 7.50. The van der Waals surface area contributed by atoms with Crippen LogP contribution >= 0.6 is 0 Å². The Bertz CT molecular complexity index is 1200. The lowest BCUT2D eigenvalue weighted by molar-refractivity contribution is -0.139. The topological polar surface area (TPSA) is 93.9 Å². The molecule has 1 saturated heterocycles. The smallest absolute Gasteiger partial charge is 0.295 e. The van der Waals surface area contributed by atoms with Gasteiger partial charge in [0.15, 0.2) is 11.5 Å². The molecular formula is C27H29N3O5. The van der Waals surface area contributed by atoms with Gasteiger partial charge in [0.1, 0.15) is 5.76 Å². The van der Waals surface area contributed by atoms with Crippen molar-refractivity contribution in [2.24, 2.45) is 0 Å². The van der Waals surface area contributed by atoms with Crippen LogP contribution in [0.1, 0.15) is 36.9 Å². The third-order valence-corrected chi connectivity index (χ3v) is 5.93. The van der Waals surface area contributed by atoms with Crippen LogP contribution in [0.2, 0.25) is 0 Å². The van der Waals surface area contributed by atoms with Gasteiger partial charge in [0.2, 0.25) is 0 Å². The monoisotopic (exact) mass is 475 g/mol. The third kappa shape index (κ3) is 5.06. The summed E-state index contributed by atoms with van der Waals surface area (Å²) < 4.78 is 13.2. The summed E-state index contributed by atoms with van der Waals surface area (Å²) in [6, 6.07) is 13.4. The highest BCUT2D eigenvalue weighted by Gasteiger charge is 2.46. The molecule has 2 aromatic carbocycles. The van der Waals surface area contributed by atoms with Crippen molar-refractivity contribution < 1.29 is 24.2 Å². The number of amides is 1. The SMILES string of the molecule is CCCOc1ccc([C@@H]2C(=C(O)c3ccccc3)C(=O)C(=O)N2CCCn2ccnc2)cc1OC. The summed E-state index contributed by atoms with van der Waals surface area (Å²) >= 11 is 0. The van der Waals surface area contributed by atoms with E-state index in [1.807, 2.05) is 29.8 Å². The van der Waals surface area contributed by atoms with Crippen LogP contribution in [0.4, 0.5) is 0 Å². The molecule has 8 heteroatoms. The van der Waals surface area contributed by atoms with E-state index >= 15 is 0 Å². The zero-order valence-electron chi connectivity index (χ0n) is 19.9. The van der Waals surface area contributed by atoms with Gasteiger partial charge in [-0.1, -0.05) is 43.3 Å². The number of aliphatic hydroxyl groups is 1. The highest BCUT2D eigenvalue weighted by molar-refractivity contribution is 6.46. The number of ketones is 1. The van der Waals surface area contributed by atoms with Crippen LogP contribution in [0.3, 0.4) is 0 Å². The molecular weight excluding hydrogens is 446 g/mol. The zero-order valence-corrected chi connectivity index (χ0v) is 19.9. The number of aliphatic hydroxyl groups excluding tert-OH is 1. The van der Waals surface area contributed by atoms with E-state index in [4.69, 9.17) is 9.47 Å². The molecule has 1 aromatic heterocycles. The van der Waals surface area contributed by atoms with E-state index in [0.717, 1.165) is 6.42 Å². The van der Waals surface area contributed by atoms with Crippen molar-refractivity contribution in [2.75, 3.05) is 20.3 Å². The van der Waals surface area contributed by atoms with Crippen LogP contribution in [0.15, 0.2) is 72.8 Å². The van der Waals surface area contributed by atoms with Crippen LogP contribution in [-0.2, 0) is 16.1 Å². The maximum absolute atomic E-state index is 13.2. The number of aromatic nitrogens is 2. The van der Waals surface area contributed by atoms with Crippen molar-refractivity contribution in [3.05, 3.63) is 84.0 Å². The number of nitrogens with zero attached hydrogens (tertiary/aromatic N) is 3. The predicted molar refractivity (Wildman–Crippen MR) is 131 cm³/mol. The summed E-state index contributed by atoms with van der Waals surface area (Å²) in [6.07, 6.45) is 6.71. The lowest BCUT2D eigenvalue weighted by Gasteiger charge is -2.26. The molecule has 0 radical (unpaired) electrons. The maximum atomic E-state index is 13.2. The van der Waals surface area contributed by atoms with Gasteiger partial charge in [-0.05, 0) is 30.5 Å². The van der Waals surface area contributed by atoms with Crippen molar-refractivity contribution in [3.63, 3.8) is 0 Å². The minimum atomic E-state index is -0.757. The van der Waals surface area contributed by atoms with Crippen LogP contribution in [-0.4, -0.2) is 51.5 Å². The maximum Gasteiger partial charge on any atom is 0.295 e. The Morgan fingerprint density at radius 1 is 1.09 bits per heavy atom. The van der Waals surface area contributed by atoms with E-state index in [-0.39, 0.29) is 11.3 Å². The molecule has 1 fully saturated rings. The summed E-state index contributed by atoms with van der Waals surface area (Å²) in [6.45, 7) is 3.52. The van der Waals surface area contributed by atoms with Gasteiger partial charge in [-0.3, -0.25) is 9.59 Å². The first kappa shape index (κ1) is 24.1. The van der Waals surface area contributed by atoms with E-state index in [2.05, 4.69) is 4.98 Å². The van der Waals surface area contributed by atoms with Crippen molar-refractivity contribution >= 4 is 17.4 Å². The fraction of sp³-hybridized carbons (Fsp3) is 0.296. The molecule has 0 unspecified atom stereocenters. The summed E-state index contributed by atoms with van der Waals surface area (Å²) in [7, 11) is 1.55. The second-order valence-corrected chi connectivity index (χ2v) is 8.27. The number of benzene rings is 2. The first-order valence-electron chi connectivity index (χ1n) is 11.7. The molecule has 182 valence electrons. The molecule has 0 saturated carbocycles. The van der Waals surface area contributed by atoms with Crippen molar-refractivity contribution in [3.8, 4) is 11.5 Å². The van der Waals surface area contributed by atoms with Crippen molar-refractivity contribution in [2.45, 2.75) is 32.4 Å². The molecule has 1 aliphatic rings. The van der Waals surface area contributed by atoms with E-state index in [0.29, 0.717) is 48.7 Å². The number of aryl methyl sites for hydroxylation is 1. The molecule has 8 nitrogen and oxygen atoms in total. The number of carbonyl (C=O) groups excluding carboxylic acids is 2. The van der Waals surface area contributed by atoms with Gasteiger partial charge in [0.25, 0.3) is 11.7 Å². The van der Waals surface area contributed by atoms with Gasteiger partial charge < -0.3 is 24.0 Å². The zero-order chi connectivity index (χ0) is 24.8. The second-order valence-electron chi connectivity index (χ2n) is 8.27. The number of rotatable bonds is 10. The minimum absolute atomic E-state index is 0.0631. The number of hydrogen-bond acceptors (Lipinski definition) is 6. The first-order valence-corrected chi connectivity index (χ1v) is 11.7. The first-order chi connectivity index (χ1) is 17.0. The standard InChI is InChI=1S/C27H29N3O5/c1-3-16-35-21-11-10-20(17-22(21)34-2)24-23(25(31)19-8-5-4-6-9-19)26(32)27(33)30(24)14-7-13-29-15-12-28-18-29/h4-6,8-12,15,17-18,24,31H,3,7,13-14,16H2,1-2H3/t24-/m1/s1. The number of imidazole rings is 1. The number of ether oxygens (including phenoxy) is 2. The van der Waals surface area contributed by atoms with E-state index in [1.165, 1.54) is 4.90 Å². The number of Topliss-reactive ketones (excluding diaryl/α,β-unsaturated/α-hetero) is 1. The molecule has 0 spiro atoms. The highest BCUT2D eigenvalue weighted by Crippen LogP contribution is 2.42. The molecule has 1 amide bonds. The Morgan fingerprint density at radius 3 is 2.57 bits per heavy atom. The lowest BCUT2D eigenvalue weighted by Crippen LogP contribution is -2.31. The fourth-order valence-electron chi connectivity index (χ4n) is 4.24. The van der Waals surface area contributed by atoms with Crippen LogP contribution in [0.5, 0.6) is 11.5 Å². The Morgan fingerprint density at radius 2 is 1.89 bits per heavy atom. The molecule has 3 aromatic rings. The van der Waals surface area contributed by atoms with E-state index in [1.54, 1.807) is 56.0 Å². The van der Waals surface area contributed by atoms with Gasteiger partial charge in [-0.15, -0.1) is 0 Å². The summed E-state index contributed by atoms with van der Waals surface area (Å²) in [4.78, 5) is 31.9. The summed E-state index contributed by atoms with van der Waals surface area (Å²) in [5, 5.41) is 11.1. The van der Waals surface area contributed by atoms with Gasteiger partial charge in [0, 0.05) is 31.0 Å². The molecule has 4 rings (SSSR count). The largest absolute Gasteiger partial charge is 0.507 e. The van der Waals surface area contributed by atoms with Crippen LogP contribution in [0, 0.1) is 0 Å². The predicted octanol–water partition coefficient (Wildman–Crippen LogP) is 4.19. The van der Waals surface area contributed by atoms with E-state index < -0.39 is 17.7 Å². The van der Waals surface area contributed by atoms with Crippen LogP contribution in [0.25, 0.3) is 5.76 Å². The second kappa shape index (κ2) is 10.9. The Labute approximate surface area is 204 Å². The van der Waals surface area contributed by atoms with Gasteiger partial charge >= 0.3 is 0 Å². The molecule has 35 heavy (non-hydrogen) atoms. The highest BCUT2D eigenvalue weighted by atomic mass is 16.5. The third-order valence-electron chi connectivity index (χ3n) is 5.93. The Balaban J connectivity index is 1.74. The van der Waals surface area contributed by atoms with Crippen molar-refractivity contribution in [1.82, 2.24) is 14.5 Å². The summed E-state index contributed by atoms with van der Waals surface area (Å²) in [5.41, 5.74) is 1.20. The summed E-state index contributed by atoms with van der Waals surface area (Å²) in [5.74, 6) is -0.457. The molecule has 1 aliphatic heterocycles. The van der Waals surface area contributed by atoms with Gasteiger partial charge in [-0.2, -0.15) is 0 Å². The normalized spacial score (nSPS) is 17.1. The number of likely N-dealkylation sites (tertiary alicyclic amines) is 1. The van der Waals surface area contributed by atoms with Crippen LogP contribution < -0.4 is 9.47 Å². The minimum Gasteiger partial charge on any atom is -0.507 e. The van der Waals surface area contributed by atoms with Crippen molar-refractivity contribution in [1.29, 1.82) is 0 Å². The quantitative estimate of drug-likeness (QED) is 0.268. The van der Waals surface area contributed by atoms with Gasteiger partial charge in [-0.25, -0.2) is 4.98 Å². The number of carbonyl (C=O) groups is 2. The number of methoxy groups -OCH3 is 1. The lowest BCUT2D eigenvalue weighted by atomic mass is 9.95. The van der Waals surface area contributed by atoms with E-state index in [9.17, 15) is 14.7 Å². The van der Waals surface area contributed by atoms with Gasteiger partial charge in [0.05, 0.1) is 31.7 Å². The average molecular weight is 476 g/mol. The molecule has 1 atom stereocenters. The molecule has 1 N–H and O–H groups in total. The fourth-order valence-corrected chi connectivity index (χ4v) is 4.24. The molecule has 2 heterocycles. The molecule has 0 aliphatic carbocycles.